The summed E-state index contributed by atoms with van der Waals surface area (Å²) in [4.78, 5) is 5.49. The van der Waals surface area contributed by atoms with Gasteiger partial charge in [0.15, 0.2) is 0 Å². The number of oxime groups is 1. The molecule has 1 rings (SSSR count). The summed E-state index contributed by atoms with van der Waals surface area (Å²) in [5.74, 6) is 0. The molecule has 1 aromatic rings. The Balaban J connectivity index is 3.04. The van der Waals surface area contributed by atoms with Gasteiger partial charge in [0.25, 0.3) is 0 Å². The third-order valence-corrected chi connectivity index (χ3v) is 2.37. The van der Waals surface area contributed by atoms with Crippen LogP contribution in [0, 0.1) is 11.3 Å². The molecular weight excluding hydrogens is 172 g/mol. The fraction of sp³-hybridized carbons (Fsp3) is 0.250. The van der Waals surface area contributed by atoms with Crippen LogP contribution >= 0.6 is 11.3 Å². The predicted molar refractivity (Wildman–Crippen MR) is 48.3 cm³/mol. The monoisotopic (exact) mass is 180 g/mol. The van der Waals surface area contributed by atoms with E-state index in [9.17, 15) is 0 Å². The summed E-state index contributed by atoms with van der Waals surface area (Å²) in [6.45, 7) is 1.82. The SMILES string of the molecule is CO/N=C(\C)c1sccc1C#N. The summed E-state index contributed by atoms with van der Waals surface area (Å²) in [5, 5.41) is 14.3. The molecule has 4 heteroatoms. The van der Waals surface area contributed by atoms with Crippen LogP contribution < -0.4 is 0 Å². The lowest BCUT2D eigenvalue weighted by atomic mass is 10.2. The molecule has 0 spiro atoms. The van der Waals surface area contributed by atoms with Gasteiger partial charge in [-0.05, 0) is 18.4 Å². The molecule has 0 aliphatic rings. The van der Waals surface area contributed by atoms with E-state index in [0.29, 0.717) is 5.56 Å². The molecule has 0 aliphatic carbocycles. The van der Waals surface area contributed by atoms with Crippen LogP contribution in [-0.4, -0.2) is 12.8 Å². The van der Waals surface area contributed by atoms with Gasteiger partial charge in [0, 0.05) is 0 Å². The molecule has 0 saturated heterocycles. The van der Waals surface area contributed by atoms with Gasteiger partial charge in [0.1, 0.15) is 13.2 Å². The molecule has 0 bridgehead atoms. The van der Waals surface area contributed by atoms with Gasteiger partial charge in [0.2, 0.25) is 0 Å². The van der Waals surface area contributed by atoms with Gasteiger partial charge in [0.05, 0.1) is 16.2 Å². The van der Waals surface area contributed by atoms with Gasteiger partial charge in [-0.15, -0.1) is 11.3 Å². The van der Waals surface area contributed by atoms with Crippen molar-refractivity contribution in [3.05, 3.63) is 21.9 Å². The fourth-order valence-corrected chi connectivity index (χ4v) is 1.64. The number of nitrogens with zero attached hydrogens (tertiary/aromatic N) is 2. The van der Waals surface area contributed by atoms with Crippen molar-refractivity contribution in [2.45, 2.75) is 6.92 Å². The van der Waals surface area contributed by atoms with Gasteiger partial charge in [-0.3, -0.25) is 0 Å². The van der Waals surface area contributed by atoms with Crippen LogP contribution in [-0.2, 0) is 4.84 Å². The maximum atomic E-state index is 8.69. The van der Waals surface area contributed by atoms with E-state index in [1.165, 1.54) is 18.4 Å². The van der Waals surface area contributed by atoms with Crippen molar-refractivity contribution < 1.29 is 4.84 Å². The Kier molecular flexibility index (Phi) is 2.83. The third kappa shape index (κ3) is 1.63. The zero-order valence-electron chi connectivity index (χ0n) is 6.87. The number of rotatable bonds is 2. The average molecular weight is 180 g/mol. The minimum Gasteiger partial charge on any atom is -0.399 e. The summed E-state index contributed by atoms with van der Waals surface area (Å²) in [5.41, 5.74) is 1.39. The Bertz CT molecular complexity index is 335. The van der Waals surface area contributed by atoms with Crippen LogP contribution in [0.4, 0.5) is 0 Å². The standard InChI is InChI=1S/C8H8N2OS/c1-6(10-11-2)8-7(5-9)3-4-12-8/h3-4H,1-2H3/b10-6+. The smallest absolute Gasteiger partial charge is 0.106 e. The fourth-order valence-electron chi connectivity index (χ4n) is 0.856. The van der Waals surface area contributed by atoms with Gasteiger partial charge in [-0.2, -0.15) is 5.26 Å². The van der Waals surface area contributed by atoms with Crippen LogP contribution in [0.3, 0.4) is 0 Å². The van der Waals surface area contributed by atoms with Crippen LogP contribution in [0.2, 0.25) is 0 Å². The molecule has 0 N–H and O–H groups in total. The molecule has 0 amide bonds. The van der Waals surface area contributed by atoms with E-state index >= 15 is 0 Å². The largest absolute Gasteiger partial charge is 0.399 e. The van der Waals surface area contributed by atoms with Gasteiger partial charge in [-0.1, -0.05) is 5.16 Å². The van der Waals surface area contributed by atoms with Crippen LogP contribution in [0.15, 0.2) is 16.6 Å². The van der Waals surface area contributed by atoms with Crippen LogP contribution in [0.25, 0.3) is 0 Å². The lowest BCUT2D eigenvalue weighted by molar-refractivity contribution is 0.213. The van der Waals surface area contributed by atoms with E-state index in [-0.39, 0.29) is 0 Å². The zero-order valence-corrected chi connectivity index (χ0v) is 7.68. The number of hydrogen-bond acceptors (Lipinski definition) is 4. The predicted octanol–water partition coefficient (Wildman–Crippen LogP) is 1.99. The van der Waals surface area contributed by atoms with Crippen molar-refractivity contribution >= 4 is 17.0 Å². The Morgan fingerprint density at radius 1 is 1.75 bits per heavy atom. The molecule has 0 saturated carbocycles. The molecule has 0 atom stereocenters. The summed E-state index contributed by atoms with van der Waals surface area (Å²) < 4.78 is 0. The first-order chi connectivity index (χ1) is 5.79. The normalized spacial score (nSPS) is 10.9. The number of thiophene rings is 1. The molecule has 1 heterocycles. The number of nitriles is 1. The highest BCUT2D eigenvalue weighted by atomic mass is 32.1. The minimum atomic E-state index is 0.651. The van der Waals surface area contributed by atoms with Crippen molar-refractivity contribution in [1.82, 2.24) is 0 Å². The highest BCUT2D eigenvalue weighted by Gasteiger charge is 2.06. The summed E-state index contributed by atoms with van der Waals surface area (Å²) in [6, 6.07) is 3.86. The topological polar surface area (TPSA) is 45.4 Å². The quantitative estimate of drug-likeness (QED) is 0.516. The molecule has 0 aliphatic heterocycles. The Labute approximate surface area is 74.9 Å². The first kappa shape index (κ1) is 8.75. The molecule has 12 heavy (non-hydrogen) atoms. The number of hydrogen-bond donors (Lipinski definition) is 0. The van der Waals surface area contributed by atoms with Gasteiger partial charge < -0.3 is 4.84 Å². The molecule has 62 valence electrons. The van der Waals surface area contributed by atoms with E-state index < -0.39 is 0 Å². The van der Waals surface area contributed by atoms with Crippen molar-refractivity contribution in [3.63, 3.8) is 0 Å². The second-order valence-electron chi connectivity index (χ2n) is 2.13. The summed E-state index contributed by atoms with van der Waals surface area (Å²) in [7, 11) is 1.49. The molecule has 3 nitrogen and oxygen atoms in total. The molecule has 0 fully saturated rings. The second kappa shape index (κ2) is 3.88. The van der Waals surface area contributed by atoms with Crippen molar-refractivity contribution in [2.24, 2.45) is 5.16 Å². The highest BCUT2D eigenvalue weighted by Crippen LogP contribution is 2.16. The first-order valence-electron chi connectivity index (χ1n) is 3.35. The molecular formula is C8H8N2OS. The van der Waals surface area contributed by atoms with E-state index in [1.807, 2.05) is 12.3 Å². The lowest BCUT2D eigenvalue weighted by Crippen LogP contribution is -1.93. The lowest BCUT2D eigenvalue weighted by Gasteiger charge is -1.94. The Hall–Kier alpha value is -1.34. The van der Waals surface area contributed by atoms with E-state index in [1.54, 1.807) is 6.07 Å². The van der Waals surface area contributed by atoms with Gasteiger partial charge in [-0.25, -0.2) is 0 Å². The van der Waals surface area contributed by atoms with Crippen LogP contribution in [0.5, 0.6) is 0 Å². The van der Waals surface area contributed by atoms with Crippen molar-refractivity contribution in [2.75, 3.05) is 7.11 Å². The van der Waals surface area contributed by atoms with E-state index in [0.717, 1.165) is 10.6 Å². The molecule has 0 unspecified atom stereocenters. The first-order valence-corrected chi connectivity index (χ1v) is 4.23. The Morgan fingerprint density at radius 3 is 3.08 bits per heavy atom. The van der Waals surface area contributed by atoms with E-state index in [4.69, 9.17) is 5.26 Å². The highest BCUT2D eigenvalue weighted by molar-refractivity contribution is 7.12. The maximum absolute atomic E-state index is 8.69. The molecule has 1 aromatic heterocycles. The summed E-state index contributed by atoms with van der Waals surface area (Å²) >= 11 is 1.49. The molecule has 0 aromatic carbocycles. The Morgan fingerprint density at radius 2 is 2.50 bits per heavy atom. The second-order valence-corrected chi connectivity index (χ2v) is 3.05. The summed E-state index contributed by atoms with van der Waals surface area (Å²) in [6.07, 6.45) is 0. The van der Waals surface area contributed by atoms with Crippen molar-refractivity contribution in [1.29, 1.82) is 5.26 Å². The van der Waals surface area contributed by atoms with Gasteiger partial charge >= 0.3 is 0 Å². The third-order valence-electron chi connectivity index (χ3n) is 1.34. The van der Waals surface area contributed by atoms with E-state index in [2.05, 4.69) is 16.1 Å². The minimum absolute atomic E-state index is 0.651. The average Bonchev–Trinajstić information content (AvgIpc) is 2.51. The van der Waals surface area contributed by atoms with Crippen LogP contribution in [0.1, 0.15) is 17.4 Å². The molecule has 0 radical (unpaired) electrons. The maximum Gasteiger partial charge on any atom is 0.106 e. The zero-order chi connectivity index (χ0) is 8.97. The van der Waals surface area contributed by atoms with Crippen molar-refractivity contribution in [3.8, 4) is 6.07 Å².